The van der Waals surface area contributed by atoms with E-state index in [2.05, 4.69) is 17.0 Å². The van der Waals surface area contributed by atoms with Gasteiger partial charge < -0.3 is 10.1 Å². The Hall–Kier alpha value is -0.950. The third-order valence-corrected chi connectivity index (χ3v) is 4.16. The number of methoxy groups -OCH3 is 1. The van der Waals surface area contributed by atoms with E-state index in [4.69, 9.17) is 4.74 Å². The summed E-state index contributed by atoms with van der Waals surface area (Å²) in [6.45, 7) is 4.12. The monoisotopic (exact) mass is 286 g/mol. The highest BCUT2D eigenvalue weighted by atomic mass is 32.2. The minimum absolute atomic E-state index is 0.273. The third kappa shape index (κ3) is 5.28. The fraction of sp³-hybridized carbons (Fsp3) is 0.538. The van der Waals surface area contributed by atoms with Crippen molar-refractivity contribution in [3.8, 4) is 0 Å². The van der Waals surface area contributed by atoms with Crippen molar-refractivity contribution in [2.75, 3.05) is 26.8 Å². The minimum atomic E-state index is -3.47. The maximum Gasteiger partial charge on any atom is 0.240 e. The van der Waals surface area contributed by atoms with Gasteiger partial charge in [-0.3, -0.25) is 0 Å². The fourth-order valence-electron chi connectivity index (χ4n) is 1.67. The molecular formula is C13H22N2O3S. The van der Waals surface area contributed by atoms with Crippen LogP contribution >= 0.6 is 0 Å². The van der Waals surface area contributed by atoms with Crippen LogP contribution in [0, 0.1) is 0 Å². The fourth-order valence-corrected chi connectivity index (χ4v) is 2.92. The van der Waals surface area contributed by atoms with E-state index in [0.717, 1.165) is 18.5 Å². The average Bonchev–Trinajstić information content (AvgIpc) is 2.40. The molecule has 6 heteroatoms. The molecule has 2 N–H and O–H groups in total. The van der Waals surface area contributed by atoms with Crippen LogP contribution in [0.15, 0.2) is 29.2 Å². The summed E-state index contributed by atoms with van der Waals surface area (Å²) < 4.78 is 31.7. The summed E-state index contributed by atoms with van der Waals surface area (Å²) in [5, 5.41) is 3.21. The van der Waals surface area contributed by atoms with E-state index in [-0.39, 0.29) is 6.54 Å². The zero-order valence-corrected chi connectivity index (χ0v) is 12.3. The van der Waals surface area contributed by atoms with E-state index in [9.17, 15) is 8.42 Å². The van der Waals surface area contributed by atoms with Crippen LogP contribution in [0.5, 0.6) is 0 Å². The molecule has 0 saturated heterocycles. The van der Waals surface area contributed by atoms with E-state index < -0.39 is 10.0 Å². The van der Waals surface area contributed by atoms with E-state index in [0.29, 0.717) is 18.0 Å². The van der Waals surface area contributed by atoms with Gasteiger partial charge in [-0.1, -0.05) is 25.1 Å². The molecule has 0 amide bonds. The molecule has 1 aromatic carbocycles. The Morgan fingerprint density at radius 1 is 1.21 bits per heavy atom. The Balaban J connectivity index is 2.80. The molecule has 19 heavy (non-hydrogen) atoms. The molecule has 1 rings (SSSR count). The number of benzene rings is 1. The SMILES string of the molecule is CCCNCc1ccccc1S(=O)(=O)NCCOC. The highest BCUT2D eigenvalue weighted by Gasteiger charge is 2.16. The Labute approximate surface area is 115 Å². The molecule has 0 aliphatic rings. The van der Waals surface area contributed by atoms with Crippen molar-refractivity contribution in [2.24, 2.45) is 0 Å². The van der Waals surface area contributed by atoms with Crippen molar-refractivity contribution in [1.82, 2.24) is 10.0 Å². The molecule has 0 aliphatic carbocycles. The molecular weight excluding hydrogens is 264 g/mol. The lowest BCUT2D eigenvalue weighted by Gasteiger charge is -2.11. The number of nitrogens with one attached hydrogen (secondary N) is 2. The van der Waals surface area contributed by atoms with Crippen molar-refractivity contribution >= 4 is 10.0 Å². The van der Waals surface area contributed by atoms with Crippen molar-refractivity contribution in [3.63, 3.8) is 0 Å². The first kappa shape index (κ1) is 16.1. The van der Waals surface area contributed by atoms with Gasteiger partial charge in [-0.15, -0.1) is 0 Å². The van der Waals surface area contributed by atoms with Crippen LogP contribution < -0.4 is 10.0 Å². The largest absolute Gasteiger partial charge is 0.383 e. The van der Waals surface area contributed by atoms with Crippen LogP contribution in [0.2, 0.25) is 0 Å². The molecule has 0 fully saturated rings. The summed E-state index contributed by atoms with van der Waals surface area (Å²) in [6.07, 6.45) is 1.01. The Morgan fingerprint density at radius 3 is 2.63 bits per heavy atom. The van der Waals surface area contributed by atoms with Crippen LogP contribution in [0.1, 0.15) is 18.9 Å². The predicted octanol–water partition coefficient (Wildman–Crippen LogP) is 1.11. The van der Waals surface area contributed by atoms with Gasteiger partial charge in [0.2, 0.25) is 10.0 Å². The molecule has 0 aliphatic heterocycles. The second-order valence-electron chi connectivity index (χ2n) is 4.18. The number of hydrogen-bond donors (Lipinski definition) is 2. The van der Waals surface area contributed by atoms with Gasteiger partial charge in [0.1, 0.15) is 0 Å². The Bertz CT molecular complexity index is 475. The van der Waals surface area contributed by atoms with Crippen molar-refractivity contribution in [3.05, 3.63) is 29.8 Å². The highest BCUT2D eigenvalue weighted by molar-refractivity contribution is 7.89. The molecule has 108 valence electrons. The Kier molecular flexibility index (Phi) is 7.01. The lowest BCUT2D eigenvalue weighted by molar-refractivity contribution is 0.204. The van der Waals surface area contributed by atoms with Gasteiger partial charge in [0.15, 0.2) is 0 Å². The van der Waals surface area contributed by atoms with E-state index >= 15 is 0 Å². The smallest absolute Gasteiger partial charge is 0.240 e. The predicted molar refractivity (Wildman–Crippen MR) is 75.5 cm³/mol. The highest BCUT2D eigenvalue weighted by Crippen LogP contribution is 2.14. The van der Waals surface area contributed by atoms with E-state index in [1.807, 2.05) is 12.1 Å². The van der Waals surface area contributed by atoms with Crippen LogP contribution in [-0.2, 0) is 21.3 Å². The molecule has 0 aromatic heterocycles. The standard InChI is InChI=1S/C13H22N2O3S/c1-3-8-14-11-12-6-4-5-7-13(12)19(16,17)15-9-10-18-2/h4-7,14-15H,3,8-11H2,1-2H3. The molecule has 0 saturated carbocycles. The third-order valence-electron chi connectivity index (χ3n) is 2.60. The lowest BCUT2D eigenvalue weighted by Crippen LogP contribution is -2.28. The second kappa shape index (κ2) is 8.27. The number of hydrogen-bond acceptors (Lipinski definition) is 4. The molecule has 0 bridgehead atoms. The van der Waals surface area contributed by atoms with Crippen molar-refractivity contribution < 1.29 is 13.2 Å². The summed E-state index contributed by atoms with van der Waals surface area (Å²) in [4.78, 5) is 0.328. The van der Waals surface area contributed by atoms with Gasteiger partial charge in [0.25, 0.3) is 0 Å². The van der Waals surface area contributed by atoms with Crippen molar-refractivity contribution in [1.29, 1.82) is 0 Å². The molecule has 0 radical (unpaired) electrons. The molecule has 0 heterocycles. The van der Waals surface area contributed by atoms with Gasteiger partial charge in [0, 0.05) is 20.2 Å². The van der Waals surface area contributed by atoms with Gasteiger partial charge >= 0.3 is 0 Å². The number of rotatable bonds is 9. The van der Waals surface area contributed by atoms with Crippen LogP contribution in [0.3, 0.4) is 0 Å². The summed E-state index contributed by atoms with van der Waals surface area (Å²) in [6, 6.07) is 7.02. The molecule has 0 spiro atoms. The second-order valence-corrected chi connectivity index (χ2v) is 5.91. The van der Waals surface area contributed by atoms with Crippen molar-refractivity contribution in [2.45, 2.75) is 24.8 Å². The van der Waals surface area contributed by atoms with E-state index in [1.165, 1.54) is 7.11 Å². The summed E-state index contributed by atoms with van der Waals surface area (Å²) in [7, 11) is -1.93. The zero-order valence-electron chi connectivity index (χ0n) is 11.5. The van der Waals surface area contributed by atoms with Gasteiger partial charge in [0.05, 0.1) is 11.5 Å². The number of sulfonamides is 1. The summed E-state index contributed by atoms with van der Waals surface area (Å²) >= 11 is 0. The van der Waals surface area contributed by atoms with Crippen LogP contribution in [0.4, 0.5) is 0 Å². The quantitative estimate of drug-likeness (QED) is 0.667. The molecule has 0 atom stereocenters. The topological polar surface area (TPSA) is 67.4 Å². The van der Waals surface area contributed by atoms with Crippen LogP contribution in [-0.4, -0.2) is 35.2 Å². The first-order valence-corrected chi connectivity index (χ1v) is 7.87. The molecule has 5 nitrogen and oxygen atoms in total. The molecule has 1 aromatic rings. The lowest BCUT2D eigenvalue weighted by atomic mass is 10.2. The Morgan fingerprint density at radius 2 is 1.95 bits per heavy atom. The molecule has 0 unspecified atom stereocenters. The first-order chi connectivity index (χ1) is 9.11. The van der Waals surface area contributed by atoms with Crippen LogP contribution in [0.25, 0.3) is 0 Å². The zero-order chi connectivity index (χ0) is 14.1. The summed E-state index contributed by atoms with van der Waals surface area (Å²) in [5.74, 6) is 0. The van der Waals surface area contributed by atoms with Gasteiger partial charge in [-0.25, -0.2) is 13.1 Å². The minimum Gasteiger partial charge on any atom is -0.383 e. The first-order valence-electron chi connectivity index (χ1n) is 6.39. The maximum absolute atomic E-state index is 12.2. The normalized spacial score (nSPS) is 11.7. The van der Waals surface area contributed by atoms with Gasteiger partial charge in [-0.05, 0) is 24.6 Å². The number of ether oxygens (including phenoxy) is 1. The maximum atomic E-state index is 12.2. The average molecular weight is 286 g/mol. The van der Waals surface area contributed by atoms with E-state index in [1.54, 1.807) is 12.1 Å². The van der Waals surface area contributed by atoms with Gasteiger partial charge in [-0.2, -0.15) is 0 Å². The summed E-state index contributed by atoms with van der Waals surface area (Å²) in [5.41, 5.74) is 0.779.